The van der Waals surface area contributed by atoms with Gasteiger partial charge in [-0.25, -0.2) is 4.98 Å². The lowest BCUT2D eigenvalue weighted by Crippen LogP contribution is -2.46. The van der Waals surface area contributed by atoms with E-state index in [2.05, 4.69) is 59.0 Å². The second-order valence-corrected chi connectivity index (χ2v) is 7.95. The van der Waals surface area contributed by atoms with E-state index in [1.165, 1.54) is 6.42 Å². The SMILES string of the molecule is CCNC(=NCC(CC(C)C)N1CCOCC1)NCCCCn1ccnc1C.I. The summed E-state index contributed by atoms with van der Waals surface area (Å²) in [5, 5.41) is 6.89. The highest BCUT2D eigenvalue weighted by Gasteiger charge is 2.21. The first kappa shape index (κ1) is 26.2. The van der Waals surface area contributed by atoms with Crippen LogP contribution >= 0.6 is 24.0 Å². The van der Waals surface area contributed by atoms with Crippen molar-refractivity contribution in [1.29, 1.82) is 0 Å². The number of aryl methyl sites for hydroxylation is 2. The third-order valence-corrected chi connectivity index (χ3v) is 5.15. The van der Waals surface area contributed by atoms with Crippen LogP contribution in [0.15, 0.2) is 17.4 Å². The third kappa shape index (κ3) is 10.1. The van der Waals surface area contributed by atoms with E-state index in [1.54, 1.807) is 0 Å². The number of nitrogens with zero attached hydrogens (tertiary/aromatic N) is 4. The molecule has 2 heterocycles. The predicted molar refractivity (Wildman–Crippen MR) is 131 cm³/mol. The van der Waals surface area contributed by atoms with Gasteiger partial charge in [0, 0.05) is 51.2 Å². The largest absolute Gasteiger partial charge is 0.379 e. The van der Waals surface area contributed by atoms with Gasteiger partial charge in [0.05, 0.1) is 19.8 Å². The fraction of sp³-hybridized carbons (Fsp3) is 0.810. The number of unbranched alkanes of at least 4 members (excludes halogenated alkanes) is 1. The summed E-state index contributed by atoms with van der Waals surface area (Å²) in [5.41, 5.74) is 0. The van der Waals surface area contributed by atoms with E-state index in [-0.39, 0.29) is 24.0 Å². The summed E-state index contributed by atoms with van der Waals surface area (Å²) in [5.74, 6) is 2.69. The molecule has 1 aromatic rings. The summed E-state index contributed by atoms with van der Waals surface area (Å²) in [7, 11) is 0. The molecule has 29 heavy (non-hydrogen) atoms. The summed E-state index contributed by atoms with van der Waals surface area (Å²) < 4.78 is 7.73. The zero-order valence-electron chi connectivity index (χ0n) is 18.7. The number of aliphatic imine (C=N–C) groups is 1. The molecule has 0 spiro atoms. The van der Waals surface area contributed by atoms with Crippen LogP contribution in [0.3, 0.4) is 0 Å². The third-order valence-electron chi connectivity index (χ3n) is 5.15. The lowest BCUT2D eigenvalue weighted by atomic mass is 10.0. The van der Waals surface area contributed by atoms with Gasteiger partial charge in [0.25, 0.3) is 0 Å². The number of morpholine rings is 1. The van der Waals surface area contributed by atoms with E-state index in [9.17, 15) is 0 Å². The molecule has 8 heteroatoms. The minimum absolute atomic E-state index is 0. The highest BCUT2D eigenvalue weighted by atomic mass is 127. The Labute approximate surface area is 194 Å². The molecular formula is C21H41IN6O. The molecule has 1 fully saturated rings. The van der Waals surface area contributed by atoms with Gasteiger partial charge in [0.2, 0.25) is 0 Å². The molecule has 7 nitrogen and oxygen atoms in total. The lowest BCUT2D eigenvalue weighted by Gasteiger charge is -2.34. The Balaban J connectivity index is 0.00000420. The van der Waals surface area contributed by atoms with E-state index in [0.717, 1.165) is 77.1 Å². The second kappa shape index (κ2) is 15.0. The smallest absolute Gasteiger partial charge is 0.191 e. The maximum Gasteiger partial charge on any atom is 0.191 e. The van der Waals surface area contributed by atoms with Crippen molar-refractivity contribution in [2.24, 2.45) is 10.9 Å². The van der Waals surface area contributed by atoms with Crippen molar-refractivity contribution in [3.63, 3.8) is 0 Å². The number of halogens is 1. The van der Waals surface area contributed by atoms with Gasteiger partial charge >= 0.3 is 0 Å². The van der Waals surface area contributed by atoms with Crippen LogP contribution in [0.1, 0.15) is 45.9 Å². The highest BCUT2D eigenvalue weighted by Crippen LogP contribution is 2.14. The lowest BCUT2D eigenvalue weighted by molar-refractivity contribution is 0.0143. The Morgan fingerprint density at radius 2 is 2.00 bits per heavy atom. The zero-order chi connectivity index (χ0) is 20.2. The number of aromatic nitrogens is 2. The molecule has 0 saturated carbocycles. The van der Waals surface area contributed by atoms with E-state index in [4.69, 9.17) is 9.73 Å². The first-order chi connectivity index (χ1) is 13.6. The van der Waals surface area contributed by atoms with E-state index >= 15 is 0 Å². The minimum atomic E-state index is 0. The van der Waals surface area contributed by atoms with Crippen LogP contribution in [0.5, 0.6) is 0 Å². The monoisotopic (exact) mass is 520 g/mol. The van der Waals surface area contributed by atoms with Crippen LogP contribution in [-0.4, -0.2) is 72.4 Å². The Bertz CT molecular complexity index is 571. The maximum absolute atomic E-state index is 5.52. The van der Waals surface area contributed by atoms with Crippen molar-refractivity contribution >= 4 is 29.9 Å². The fourth-order valence-electron chi connectivity index (χ4n) is 3.62. The standard InChI is InChI=1S/C21H40N6O.HI/c1-5-22-21(24-8-6-7-10-26-11-9-23-19(26)4)25-17-20(16-18(2)3)27-12-14-28-15-13-27;/h9,11,18,20H,5-8,10,12-17H2,1-4H3,(H2,22,24,25);1H. The summed E-state index contributed by atoms with van der Waals surface area (Å²) in [6.07, 6.45) is 7.34. The van der Waals surface area contributed by atoms with Crippen LogP contribution in [0.2, 0.25) is 0 Å². The molecule has 1 saturated heterocycles. The molecule has 0 amide bonds. The Hall–Kier alpha value is -0.870. The number of rotatable bonds is 11. The van der Waals surface area contributed by atoms with Gasteiger partial charge in [-0.15, -0.1) is 24.0 Å². The van der Waals surface area contributed by atoms with Crippen LogP contribution in [-0.2, 0) is 11.3 Å². The van der Waals surface area contributed by atoms with Crippen molar-refractivity contribution in [1.82, 2.24) is 25.1 Å². The molecule has 1 aromatic heterocycles. The molecule has 168 valence electrons. The summed E-state index contributed by atoms with van der Waals surface area (Å²) in [6, 6.07) is 0.489. The zero-order valence-corrected chi connectivity index (χ0v) is 21.0. The van der Waals surface area contributed by atoms with Crippen LogP contribution in [0.25, 0.3) is 0 Å². The van der Waals surface area contributed by atoms with Crippen LogP contribution in [0, 0.1) is 12.8 Å². The molecule has 1 aliphatic heterocycles. The maximum atomic E-state index is 5.52. The number of imidazole rings is 1. The van der Waals surface area contributed by atoms with Gasteiger partial charge < -0.3 is 19.9 Å². The molecule has 1 unspecified atom stereocenters. The van der Waals surface area contributed by atoms with Crippen molar-refractivity contribution in [3.05, 3.63) is 18.2 Å². The number of guanidine groups is 1. The molecule has 0 aliphatic carbocycles. The van der Waals surface area contributed by atoms with Crippen LogP contribution < -0.4 is 10.6 Å². The number of ether oxygens (including phenoxy) is 1. The molecular weight excluding hydrogens is 479 g/mol. The van der Waals surface area contributed by atoms with Crippen molar-refractivity contribution in [3.8, 4) is 0 Å². The van der Waals surface area contributed by atoms with Crippen molar-refractivity contribution in [2.45, 2.75) is 59.5 Å². The Morgan fingerprint density at radius 3 is 2.62 bits per heavy atom. The molecule has 2 N–H and O–H groups in total. The quantitative estimate of drug-likeness (QED) is 0.203. The highest BCUT2D eigenvalue weighted by molar-refractivity contribution is 14.0. The van der Waals surface area contributed by atoms with E-state index in [0.29, 0.717) is 12.0 Å². The Kier molecular flexibility index (Phi) is 13.5. The summed E-state index contributed by atoms with van der Waals surface area (Å²) in [6.45, 7) is 16.2. The summed E-state index contributed by atoms with van der Waals surface area (Å²) in [4.78, 5) is 11.7. The number of hydrogen-bond acceptors (Lipinski definition) is 4. The minimum Gasteiger partial charge on any atom is -0.379 e. The van der Waals surface area contributed by atoms with Crippen molar-refractivity contribution in [2.75, 3.05) is 45.9 Å². The first-order valence-electron chi connectivity index (χ1n) is 10.9. The average molecular weight is 521 g/mol. The topological polar surface area (TPSA) is 66.7 Å². The summed E-state index contributed by atoms with van der Waals surface area (Å²) >= 11 is 0. The molecule has 0 bridgehead atoms. The van der Waals surface area contributed by atoms with Gasteiger partial charge in [0.1, 0.15) is 5.82 Å². The van der Waals surface area contributed by atoms with Crippen LogP contribution in [0.4, 0.5) is 0 Å². The van der Waals surface area contributed by atoms with Gasteiger partial charge in [-0.1, -0.05) is 13.8 Å². The molecule has 1 aliphatic rings. The van der Waals surface area contributed by atoms with Gasteiger partial charge in [-0.05, 0) is 39.0 Å². The van der Waals surface area contributed by atoms with E-state index in [1.807, 2.05) is 6.20 Å². The Morgan fingerprint density at radius 1 is 1.24 bits per heavy atom. The number of hydrogen-bond donors (Lipinski definition) is 2. The average Bonchev–Trinajstić information content (AvgIpc) is 3.09. The normalized spacial score (nSPS) is 16.5. The molecule has 2 rings (SSSR count). The second-order valence-electron chi connectivity index (χ2n) is 7.95. The van der Waals surface area contributed by atoms with E-state index < -0.39 is 0 Å². The van der Waals surface area contributed by atoms with Crippen molar-refractivity contribution < 1.29 is 4.74 Å². The molecule has 0 radical (unpaired) electrons. The predicted octanol–water partition coefficient (Wildman–Crippen LogP) is 2.89. The molecule has 0 aromatic carbocycles. The van der Waals surface area contributed by atoms with Gasteiger partial charge in [0.15, 0.2) is 5.96 Å². The van der Waals surface area contributed by atoms with Gasteiger partial charge in [-0.2, -0.15) is 0 Å². The molecule has 1 atom stereocenters. The fourth-order valence-corrected chi connectivity index (χ4v) is 3.62. The van der Waals surface area contributed by atoms with Gasteiger partial charge in [-0.3, -0.25) is 9.89 Å². The first-order valence-corrected chi connectivity index (χ1v) is 10.9. The number of nitrogens with one attached hydrogen (secondary N) is 2.